The molecule has 1 heterocycles. The molecule has 1 aliphatic heterocycles. The van der Waals surface area contributed by atoms with Crippen LogP contribution in [0.15, 0.2) is 64.6 Å². The Hall–Kier alpha value is -1.94. The summed E-state index contributed by atoms with van der Waals surface area (Å²) in [5.41, 5.74) is 2.46. The number of benzene rings is 2. The quantitative estimate of drug-likeness (QED) is 0.635. The molecule has 0 radical (unpaired) electrons. The predicted molar refractivity (Wildman–Crippen MR) is 96.0 cm³/mol. The standard InChI is InChI=1S/C18H21N3S/c1-22-18-9-7-16(8-10-18)15-19-21-13-11-20(12-14-21)17-5-3-2-4-6-17/h2-10,15H,11-14H2,1H3/b19-15+. The highest BCUT2D eigenvalue weighted by atomic mass is 32.2. The Balaban J connectivity index is 1.54. The Kier molecular flexibility index (Phi) is 5.01. The molecule has 2 aromatic carbocycles. The molecular formula is C18H21N3S. The minimum Gasteiger partial charge on any atom is -0.368 e. The maximum atomic E-state index is 4.61. The first kappa shape index (κ1) is 15.0. The average molecular weight is 311 g/mol. The summed E-state index contributed by atoms with van der Waals surface area (Å²) in [5.74, 6) is 0. The van der Waals surface area contributed by atoms with Crippen molar-refractivity contribution in [3.63, 3.8) is 0 Å². The van der Waals surface area contributed by atoms with Gasteiger partial charge >= 0.3 is 0 Å². The van der Waals surface area contributed by atoms with Gasteiger partial charge in [0.1, 0.15) is 0 Å². The van der Waals surface area contributed by atoms with Crippen LogP contribution in [0.25, 0.3) is 0 Å². The number of piperazine rings is 1. The Bertz CT molecular complexity index is 602. The zero-order valence-corrected chi connectivity index (χ0v) is 13.7. The normalized spacial score (nSPS) is 15.5. The number of hydrazone groups is 1. The van der Waals surface area contributed by atoms with Crippen molar-refractivity contribution in [2.45, 2.75) is 4.90 Å². The lowest BCUT2D eigenvalue weighted by Gasteiger charge is -2.34. The van der Waals surface area contributed by atoms with Crippen molar-refractivity contribution < 1.29 is 0 Å². The van der Waals surface area contributed by atoms with Crippen LogP contribution in [0.3, 0.4) is 0 Å². The highest BCUT2D eigenvalue weighted by Crippen LogP contribution is 2.16. The van der Waals surface area contributed by atoms with Gasteiger partial charge in [0, 0.05) is 23.7 Å². The number of hydrogen-bond acceptors (Lipinski definition) is 4. The first-order valence-corrected chi connectivity index (χ1v) is 8.80. The number of nitrogens with zero attached hydrogens (tertiary/aromatic N) is 3. The van der Waals surface area contributed by atoms with E-state index in [1.165, 1.54) is 10.6 Å². The maximum absolute atomic E-state index is 4.61. The zero-order valence-electron chi connectivity index (χ0n) is 12.9. The molecule has 0 unspecified atom stereocenters. The van der Waals surface area contributed by atoms with E-state index < -0.39 is 0 Å². The van der Waals surface area contributed by atoms with Crippen LogP contribution in [-0.2, 0) is 0 Å². The minimum atomic E-state index is 0.967. The molecule has 3 nitrogen and oxygen atoms in total. The van der Waals surface area contributed by atoms with Gasteiger partial charge in [-0.3, -0.25) is 5.01 Å². The van der Waals surface area contributed by atoms with Crippen LogP contribution in [0.2, 0.25) is 0 Å². The zero-order chi connectivity index (χ0) is 15.2. The summed E-state index contributed by atoms with van der Waals surface area (Å²) >= 11 is 1.76. The van der Waals surface area contributed by atoms with Crippen molar-refractivity contribution in [3.05, 3.63) is 60.2 Å². The van der Waals surface area contributed by atoms with Gasteiger partial charge in [0.05, 0.1) is 19.3 Å². The smallest absolute Gasteiger partial charge is 0.0542 e. The van der Waals surface area contributed by atoms with Gasteiger partial charge in [-0.15, -0.1) is 11.8 Å². The molecule has 0 aliphatic carbocycles. The van der Waals surface area contributed by atoms with Crippen molar-refractivity contribution in [1.29, 1.82) is 0 Å². The molecule has 1 saturated heterocycles. The summed E-state index contributed by atoms with van der Waals surface area (Å²) in [6.45, 7) is 3.97. The van der Waals surface area contributed by atoms with Crippen LogP contribution in [0.4, 0.5) is 5.69 Å². The molecule has 0 aromatic heterocycles. The van der Waals surface area contributed by atoms with Crippen molar-refractivity contribution in [1.82, 2.24) is 5.01 Å². The maximum Gasteiger partial charge on any atom is 0.0542 e. The molecule has 0 saturated carbocycles. The van der Waals surface area contributed by atoms with Gasteiger partial charge in [-0.1, -0.05) is 30.3 Å². The van der Waals surface area contributed by atoms with E-state index in [-0.39, 0.29) is 0 Å². The summed E-state index contributed by atoms with van der Waals surface area (Å²) in [5, 5.41) is 6.77. The van der Waals surface area contributed by atoms with Crippen LogP contribution >= 0.6 is 11.8 Å². The molecule has 22 heavy (non-hydrogen) atoms. The second kappa shape index (κ2) is 7.36. The number of rotatable bonds is 4. The highest BCUT2D eigenvalue weighted by Gasteiger charge is 2.15. The van der Waals surface area contributed by atoms with E-state index in [1.807, 2.05) is 6.21 Å². The van der Waals surface area contributed by atoms with Crippen LogP contribution in [0.1, 0.15) is 5.56 Å². The summed E-state index contributed by atoms with van der Waals surface area (Å²) < 4.78 is 0. The average Bonchev–Trinajstić information content (AvgIpc) is 2.61. The number of hydrogen-bond donors (Lipinski definition) is 0. The van der Waals surface area contributed by atoms with E-state index in [4.69, 9.17) is 0 Å². The second-order valence-electron chi connectivity index (χ2n) is 5.29. The Labute approximate surface area is 136 Å². The van der Waals surface area contributed by atoms with E-state index in [0.717, 1.165) is 31.7 Å². The molecule has 0 spiro atoms. The monoisotopic (exact) mass is 311 g/mol. The largest absolute Gasteiger partial charge is 0.368 e. The van der Waals surface area contributed by atoms with Crippen molar-refractivity contribution in [3.8, 4) is 0 Å². The number of thioether (sulfide) groups is 1. The predicted octanol–water partition coefficient (Wildman–Crippen LogP) is 3.56. The van der Waals surface area contributed by atoms with Crippen LogP contribution < -0.4 is 4.90 Å². The number of anilines is 1. The fourth-order valence-corrected chi connectivity index (χ4v) is 2.95. The van der Waals surface area contributed by atoms with Gasteiger partial charge in [0.15, 0.2) is 0 Å². The fraction of sp³-hybridized carbons (Fsp3) is 0.278. The van der Waals surface area contributed by atoms with Crippen molar-refractivity contribution in [2.24, 2.45) is 5.10 Å². The first-order chi connectivity index (χ1) is 10.8. The third kappa shape index (κ3) is 3.83. The molecule has 4 heteroatoms. The fourth-order valence-electron chi connectivity index (χ4n) is 2.55. The van der Waals surface area contributed by atoms with Gasteiger partial charge in [-0.2, -0.15) is 5.10 Å². The first-order valence-electron chi connectivity index (χ1n) is 7.58. The van der Waals surface area contributed by atoms with E-state index in [1.54, 1.807) is 11.8 Å². The van der Waals surface area contributed by atoms with E-state index >= 15 is 0 Å². The molecule has 114 valence electrons. The van der Waals surface area contributed by atoms with Gasteiger partial charge in [0.25, 0.3) is 0 Å². The molecule has 0 atom stereocenters. The minimum absolute atomic E-state index is 0.967. The molecule has 2 aromatic rings. The second-order valence-corrected chi connectivity index (χ2v) is 6.17. The number of para-hydroxylation sites is 1. The van der Waals surface area contributed by atoms with E-state index in [2.05, 4.69) is 75.9 Å². The van der Waals surface area contributed by atoms with E-state index in [0.29, 0.717) is 0 Å². The highest BCUT2D eigenvalue weighted by molar-refractivity contribution is 7.98. The van der Waals surface area contributed by atoms with Gasteiger partial charge in [-0.25, -0.2) is 0 Å². The molecule has 0 amide bonds. The Morgan fingerprint density at radius 2 is 1.59 bits per heavy atom. The van der Waals surface area contributed by atoms with Crippen molar-refractivity contribution in [2.75, 3.05) is 37.3 Å². The van der Waals surface area contributed by atoms with Crippen LogP contribution in [0, 0.1) is 0 Å². The summed E-state index contributed by atoms with van der Waals surface area (Å²) in [6.07, 6.45) is 4.05. The molecule has 1 aliphatic rings. The lowest BCUT2D eigenvalue weighted by Crippen LogP contribution is -2.44. The van der Waals surface area contributed by atoms with Crippen molar-refractivity contribution >= 4 is 23.7 Å². The third-order valence-corrected chi connectivity index (χ3v) is 4.61. The molecule has 1 fully saturated rings. The van der Waals surface area contributed by atoms with E-state index in [9.17, 15) is 0 Å². The summed E-state index contributed by atoms with van der Waals surface area (Å²) in [6, 6.07) is 19.1. The van der Waals surface area contributed by atoms with Gasteiger partial charge in [0.2, 0.25) is 0 Å². The van der Waals surface area contributed by atoms with Crippen LogP contribution in [-0.4, -0.2) is 43.7 Å². The summed E-state index contributed by atoms with van der Waals surface area (Å²) in [4.78, 5) is 3.70. The summed E-state index contributed by atoms with van der Waals surface area (Å²) in [7, 11) is 0. The molecule has 3 rings (SSSR count). The molecule has 0 N–H and O–H groups in total. The Morgan fingerprint density at radius 1 is 0.909 bits per heavy atom. The SMILES string of the molecule is CSc1ccc(/C=N/N2CCN(c3ccccc3)CC2)cc1. The van der Waals surface area contributed by atoms with Gasteiger partial charge < -0.3 is 4.90 Å². The Morgan fingerprint density at radius 3 is 2.23 bits per heavy atom. The third-order valence-electron chi connectivity index (χ3n) is 3.86. The lowest BCUT2D eigenvalue weighted by molar-refractivity contribution is 0.272. The van der Waals surface area contributed by atoms with Crippen LogP contribution in [0.5, 0.6) is 0 Å². The lowest BCUT2D eigenvalue weighted by atomic mass is 10.2. The topological polar surface area (TPSA) is 18.8 Å². The molecular weight excluding hydrogens is 290 g/mol. The van der Waals surface area contributed by atoms with Gasteiger partial charge in [-0.05, 0) is 36.1 Å². The molecule has 0 bridgehead atoms.